The molecule has 3 heteroatoms. The summed E-state index contributed by atoms with van der Waals surface area (Å²) in [6, 6.07) is 0.810. The van der Waals surface area contributed by atoms with E-state index in [0.29, 0.717) is 0 Å². The third-order valence-electron chi connectivity index (χ3n) is 7.19. The first-order valence-electron chi connectivity index (χ1n) is 13.1. The summed E-state index contributed by atoms with van der Waals surface area (Å²) in [6.45, 7) is 10.5. The molecule has 0 N–H and O–H groups in total. The van der Waals surface area contributed by atoms with E-state index in [1.165, 1.54) is 96.4 Å². The molecule has 0 saturated carbocycles. The lowest BCUT2D eigenvalue weighted by Gasteiger charge is -2.41. The fourth-order valence-corrected chi connectivity index (χ4v) is 5.35. The predicted molar refractivity (Wildman–Crippen MR) is 130 cm³/mol. The molecule has 2 nitrogen and oxygen atoms in total. The Bertz CT molecular complexity index is 353. The summed E-state index contributed by atoms with van der Waals surface area (Å²) < 4.78 is 5.84. The Balaban J connectivity index is 1.89. The van der Waals surface area contributed by atoms with Gasteiger partial charge in [0.2, 0.25) is 0 Å². The Morgan fingerprint density at radius 2 is 1.55 bits per heavy atom. The standard InChI is InChI=1S/C26H52BNO/c1-5-26-24(3)21-25(22-28(26)4)17-16-23(2)15-11-14-20-29-19-13-10-8-6-7-9-12-18-27/h23-26H,5-22H2,1-4H3/t23-,24?,25?,26?/m0/s1. The molecule has 0 aromatic heterocycles. The number of hydrogen-bond donors (Lipinski definition) is 0. The van der Waals surface area contributed by atoms with Gasteiger partial charge in [-0.05, 0) is 56.9 Å². The van der Waals surface area contributed by atoms with Crippen molar-refractivity contribution in [1.82, 2.24) is 4.90 Å². The normalized spacial score (nSPS) is 24.1. The summed E-state index contributed by atoms with van der Waals surface area (Å²) in [5.74, 6) is 2.66. The first kappa shape index (κ1) is 27.0. The van der Waals surface area contributed by atoms with Crippen LogP contribution in [0.15, 0.2) is 0 Å². The van der Waals surface area contributed by atoms with E-state index in [9.17, 15) is 0 Å². The summed E-state index contributed by atoms with van der Waals surface area (Å²) in [5, 5.41) is 0. The van der Waals surface area contributed by atoms with Crippen LogP contribution in [-0.4, -0.2) is 45.6 Å². The highest BCUT2D eigenvalue weighted by Gasteiger charge is 2.30. The minimum absolute atomic E-state index is 0.810. The molecule has 1 aliphatic heterocycles. The van der Waals surface area contributed by atoms with Crippen LogP contribution in [0.4, 0.5) is 0 Å². The van der Waals surface area contributed by atoms with Crippen molar-refractivity contribution < 1.29 is 4.74 Å². The van der Waals surface area contributed by atoms with Crippen LogP contribution in [0, 0.1) is 17.8 Å². The first-order valence-corrected chi connectivity index (χ1v) is 13.1. The summed E-state index contributed by atoms with van der Waals surface area (Å²) in [5.41, 5.74) is 0. The van der Waals surface area contributed by atoms with Crippen molar-refractivity contribution in [3.8, 4) is 0 Å². The molecule has 0 aliphatic carbocycles. The Morgan fingerprint density at radius 3 is 2.17 bits per heavy atom. The van der Waals surface area contributed by atoms with E-state index >= 15 is 0 Å². The van der Waals surface area contributed by atoms with Crippen molar-refractivity contribution in [3.63, 3.8) is 0 Å². The lowest BCUT2D eigenvalue weighted by Crippen LogP contribution is -2.45. The summed E-state index contributed by atoms with van der Waals surface area (Å²) in [4.78, 5) is 2.63. The minimum Gasteiger partial charge on any atom is -0.381 e. The molecule has 170 valence electrons. The zero-order valence-electron chi connectivity index (χ0n) is 20.5. The van der Waals surface area contributed by atoms with E-state index in [-0.39, 0.29) is 0 Å². The topological polar surface area (TPSA) is 12.5 Å². The molecule has 0 bridgehead atoms. The minimum atomic E-state index is 0.810. The van der Waals surface area contributed by atoms with Gasteiger partial charge in [0.15, 0.2) is 0 Å². The molecule has 1 fully saturated rings. The van der Waals surface area contributed by atoms with Gasteiger partial charge in [0.05, 0.1) is 7.85 Å². The number of nitrogens with zero attached hydrogens (tertiary/aromatic N) is 1. The summed E-state index contributed by atoms with van der Waals surface area (Å²) in [6.07, 6.45) is 19.5. The van der Waals surface area contributed by atoms with Crippen LogP contribution in [0.3, 0.4) is 0 Å². The van der Waals surface area contributed by atoms with Crippen molar-refractivity contribution >= 4 is 7.85 Å². The van der Waals surface area contributed by atoms with Gasteiger partial charge in [-0.2, -0.15) is 0 Å². The van der Waals surface area contributed by atoms with E-state index in [1.54, 1.807) is 0 Å². The number of unbranched alkanes of at least 4 members (excludes halogenated alkanes) is 7. The zero-order valence-corrected chi connectivity index (χ0v) is 20.5. The van der Waals surface area contributed by atoms with E-state index in [1.807, 2.05) is 0 Å². The van der Waals surface area contributed by atoms with E-state index in [0.717, 1.165) is 43.3 Å². The fraction of sp³-hybridized carbons (Fsp3) is 1.00. The van der Waals surface area contributed by atoms with Gasteiger partial charge in [-0.1, -0.05) is 84.9 Å². The second-order valence-corrected chi connectivity index (χ2v) is 10.0. The van der Waals surface area contributed by atoms with Gasteiger partial charge in [-0.25, -0.2) is 0 Å². The van der Waals surface area contributed by atoms with Gasteiger partial charge in [-0.15, -0.1) is 0 Å². The van der Waals surface area contributed by atoms with Gasteiger partial charge >= 0.3 is 0 Å². The van der Waals surface area contributed by atoms with E-state index < -0.39 is 0 Å². The molecule has 0 spiro atoms. The summed E-state index contributed by atoms with van der Waals surface area (Å²) in [7, 11) is 7.86. The Morgan fingerprint density at radius 1 is 0.931 bits per heavy atom. The maximum absolute atomic E-state index is 5.84. The molecule has 29 heavy (non-hydrogen) atoms. The zero-order chi connectivity index (χ0) is 21.3. The van der Waals surface area contributed by atoms with E-state index in [4.69, 9.17) is 12.6 Å². The monoisotopic (exact) mass is 405 g/mol. The summed E-state index contributed by atoms with van der Waals surface area (Å²) >= 11 is 0. The molecular formula is C26H52BNO. The maximum Gasteiger partial charge on any atom is 0.0653 e. The SMILES string of the molecule is [B]CCCCCCCCCOCCCC[C@H](C)CCC1CC(C)C(CC)N(C)C1. The molecule has 0 aromatic carbocycles. The van der Waals surface area contributed by atoms with Gasteiger partial charge in [-0.3, -0.25) is 0 Å². The number of ether oxygens (including phenoxy) is 1. The highest BCUT2D eigenvalue weighted by Crippen LogP contribution is 2.31. The van der Waals surface area contributed by atoms with Gasteiger partial charge in [0.1, 0.15) is 0 Å². The maximum atomic E-state index is 5.84. The van der Waals surface area contributed by atoms with Crippen LogP contribution in [0.2, 0.25) is 6.32 Å². The third kappa shape index (κ3) is 13.1. The molecule has 1 heterocycles. The molecule has 1 rings (SSSR count). The van der Waals surface area contributed by atoms with Crippen molar-refractivity contribution in [1.29, 1.82) is 0 Å². The fourth-order valence-electron chi connectivity index (χ4n) is 5.35. The van der Waals surface area contributed by atoms with Crippen molar-refractivity contribution in [2.45, 2.75) is 123 Å². The predicted octanol–water partition coefficient (Wildman–Crippen LogP) is 7.27. The quantitative estimate of drug-likeness (QED) is 0.176. The highest BCUT2D eigenvalue weighted by atomic mass is 16.5. The van der Waals surface area contributed by atoms with Gasteiger partial charge < -0.3 is 9.64 Å². The molecular weight excluding hydrogens is 353 g/mol. The lowest BCUT2D eigenvalue weighted by molar-refractivity contribution is 0.0778. The van der Waals surface area contributed by atoms with Crippen LogP contribution >= 0.6 is 0 Å². The Hall–Kier alpha value is -0.0151. The average Bonchev–Trinajstić information content (AvgIpc) is 2.69. The molecule has 0 amide bonds. The van der Waals surface area contributed by atoms with Crippen LogP contribution in [0.25, 0.3) is 0 Å². The number of hydrogen-bond acceptors (Lipinski definition) is 2. The molecule has 1 saturated heterocycles. The van der Waals surface area contributed by atoms with Crippen molar-refractivity contribution in [2.24, 2.45) is 17.8 Å². The first-order chi connectivity index (χ1) is 14.1. The van der Waals surface area contributed by atoms with Crippen LogP contribution < -0.4 is 0 Å². The van der Waals surface area contributed by atoms with Gasteiger partial charge in [0, 0.05) is 25.8 Å². The lowest BCUT2D eigenvalue weighted by atomic mass is 9.80. The van der Waals surface area contributed by atoms with Crippen LogP contribution in [0.5, 0.6) is 0 Å². The van der Waals surface area contributed by atoms with Gasteiger partial charge in [0.25, 0.3) is 0 Å². The number of piperidine rings is 1. The molecule has 3 unspecified atom stereocenters. The highest BCUT2D eigenvalue weighted by molar-refractivity contribution is 6.08. The van der Waals surface area contributed by atoms with Crippen LogP contribution in [-0.2, 0) is 4.74 Å². The van der Waals surface area contributed by atoms with Crippen molar-refractivity contribution in [2.75, 3.05) is 26.8 Å². The third-order valence-corrected chi connectivity index (χ3v) is 7.19. The molecule has 1 aliphatic rings. The molecule has 2 radical (unpaired) electrons. The largest absolute Gasteiger partial charge is 0.381 e. The number of likely N-dealkylation sites (tertiary alicyclic amines) is 1. The van der Waals surface area contributed by atoms with E-state index in [2.05, 4.69) is 32.7 Å². The smallest absolute Gasteiger partial charge is 0.0653 e. The van der Waals surface area contributed by atoms with Crippen LogP contribution in [0.1, 0.15) is 111 Å². The average molecular weight is 406 g/mol. The molecule has 4 atom stereocenters. The Kier molecular flexibility index (Phi) is 16.4. The number of rotatable bonds is 18. The Labute approximate surface area is 185 Å². The van der Waals surface area contributed by atoms with Crippen molar-refractivity contribution in [3.05, 3.63) is 0 Å². The second-order valence-electron chi connectivity index (χ2n) is 10.0. The second kappa shape index (κ2) is 17.6. The molecule has 0 aromatic rings.